The molecule has 0 spiro atoms. The molecule has 12 unspecified atom stereocenters. The molecule has 54 heavy (non-hydrogen) atoms. The van der Waals surface area contributed by atoms with E-state index < -0.39 is 54.2 Å². The summed E-state index contributed by atoms with van der Waals surface area (Å²) in [6.07, 6.45) is 2.95. The number of likely N-dealkylation sites (tertiary alicyclic amines) is 1. The van der Waals surface area contributed by atoms with Gasteiger partial charge in [0.2, 0.25) is 23.6 Å². The third kappa shape index (κ3) is 9.81. The topological polar surface area (TPSA) is 167 Å². The maximum atomic E-state index is 14.3. The molecule has 4 rings (SSSR count). The lowest BCUT2D eigenvalue weighted by Crippen LogP contribution is -2.60. The molecule has 1 aromatic carbocycles. The first kappa shape index (κ1) is 43.2. The zero-order valence-electron chi connectivity index (χ0n) is 33.7. The summed E-state index contributed by atoms with van der Waals surface area (Å²) in [6, 6.07) is 6.40. The van der Waals surface area contributed by atoms with Crippen molar-refractivity contribution in [3.8, 4) is 0 Å². The highest BCUT2D eigenvalue weighted by molar-refractivity contribution is 5.91. The van der Waals surface area contributed by atoms with Crippen molar-refractivity contribution in [2.45, 2.75) is 135 Å². The largest absolute Gasteiger partial charge is 0.480 e. The maximum Gasteiger partial charge on any atom is 0.326 e. The van der Waals surface area contributed by atoms with E-state index in [9.17, 15) is 29.1 Å². The molecule has 4 amide bonds. The Bertz CT molecular complexity index is 1440. The Hall–Kier alpha value is -3.55. The highest BCUT2D eigenvalue weighted by Crippen LogP contribution is 2.40. The Morgan fingerprint density at radius 1 is 1.00 bits per heavy atom. The molecule has 2 aliphatic heterocycles. The molecule has 1 aliphatic carbocycles. The van der Waals surface area contributed by atoms with Crippen molar-refractivity contribution < 1.29 is 38.6 Å². The second-order valence-corrected chi connectivity index (χ2v) is 16.3. The van der Waals surface area contributed by atoms with Gasteiger partial charge < -0.3 is 40.3 Å². The van der Waals surface area contributed by atoms with Gasteiger partial charge in [0.1, 0.15) is 12.1 Å². The van der Waals surface area contributed by atoms with E-state index in [1.54, 1.807) is 30.9 Å². The molecule has 1 aromatic rings. The Morgan fingerprint density at radius 3 is 2.22 bits per heavy atom. The maximum absolute atomic E-state index is 14.3. The van der Waals surface area contributed by atoms with Crippen LogP contribution in [0.1, 0.15) is 85.6 Å². The standard InChI is InChI=1S/C41H65N5O8/c1-10-24(4)36(45(7)40(50)34(23(2)3)44-39(49)35-28-18-19-29(42-35)25(28)5)32(53-8)22-33(47)46-20-14-17-31(46)37(54-9)26(6)38(48)43-30(41(51)52)21-27-15-12-11-13-16-27/h11-13,15-16,23-26,28-32,34-37,42H,10,14,17-22H2,1-9H3,(H,43,48)(H,44,49)(H,51,52). The third-order valence-corrected chi connectivity index (χ3v) is 12.6. The van der Waals surface area contributed by atoms with Crippen LogP contribution in [-0.2, 0) is 39.9 Å². The molecule has 302 valence electrons. The number of fused-ring (bicyclic) bond motifs is 2. The molecule has 13 nitrogen and oxygen atoms in total. The van der Waals surface area contributed by atoms with Crippen molar-refractivity contribution in [3.63, 3.8) is 0 Å². The number of carbonyl (C=O) groups is 5. The van der Waals surface area contributed by atoms with Crippen molar-refractivity contribution in [1.29, 1.82) is 0 Å². The number of benzene rings is 1. The summed E-state index contributed by atoms with van der Waals surface area (Å²) in [5.41, 5.74) is 0.789. The summed E-state index contributed by atoms with van der Waals surface area (Å²) < 4.78 is 11.9. The van der Waals surface area contributed by atoms with Crippen molar-refractivity contribution in [1.82, 2.24) is 25.8 Å². The first-order valence-corrected chi connectivity index (χ1v) is 19.9. The van der Waals surface area contributed by atoms with Gasteiger partial charge in [-0.05, 0) is 54.9 Å². The summed E-state index contributed by atoms with van der Waals surface area (Å²) in [5.74, 6) is -2.39. The first-order chi connectivity index (χ1) is 25.6. The number of hydrogen-bond acceptors (Lipinski definition) is 8. The van der Waals surface area contributed by atoms with Crippen LogP contribution in [-0.4, -0.2) is 121 Å². The van der Waals surface area contributed by atoms with Crippen LogP contribution >= 0.6 is 0 Å². The Kier molecular flexibility index (Phi) is 15.5. The number of hydrogen-bond donors (Lipinski definition) is 4. The first-order valence-electron chi connectivity index (χ1n) is 19.9. The van der Waals surface area contributed by atoms with Crippen molar-refractivity contribution >= 4 is 29.6 Å². The van der Waals surface area contributed by atoms with Gasteiger partial charge in [-0.15, -0.1) is 0 Å². The van der Waals surface area contributed by atoms with Crippen molar-refractivity contribution in [3.05, 3.63) is 35.9 Å². The number of piperidine rings is 1. The summed E-state index contributed by atoms with van der Waals surface area (Å²) in [7, 11) is 4.79. The van der Waals surface area contributed by atoms with Crippen molar-refractivity contribution in [2.75, 3.05) is 27.8 Å². The van der Waals surface area contributed by atoms with Crippen LogP contribution in [0.3, 0.4) is 0 Å². The second kappa shape index (κ2) is 19.4. The van der Waals surface area contributed by atoms with E-state index in [0.717, 1.165) is 24.8 Å². The molecule has 0 radical (unpaired) electrons. The molecule has 3 aliphatic rings. The number of ether oxygens (including phenoxy) is 2. The number of amides is 4. The molecule has 3 fully saturated rings. The number of likely N-dealkylation sites (N-methyl/N-ethyl adjacent to an activating group) is 1. The molecule has 12 atom stereocenters. The number of nitrogens with zero attached hydrogens (tertiary/aromatic N) is 2. The molecule has 1 saturated carbocycles. The van der Waals surface area contributed by atoms with Gasteiger partial charge in [-0.2, -0.15) is 0 Å². The van der Waals surface area contributed by atoms with Crippen molar-refractivity contribution in [2.24, 2.45) is 29.6 Å². The molecular weight excluding hydrogens is 690 g/mol. The molecule has 2 heterocycles. The quantitative estimate of drug-likeness (QED) is 0.166. The highest BCUT2D eigenvalue weighted by Gasteiger charge is 2.49. The van der Waals surface area contributed by atoms with Gasteiger partial charge in [-0.3, -0.25) is 19.2 Å². The average Bonchev–Trinajstić information content (AvgIpc) is 3.87. The molecule has 2 bridgehead atoms. The second-order valence-electron chi connectivity index (χ2n) is 16.3. The summed E-state index contributed by atoms with van der Waals surface area (Å²) in [5, 5.41) is 19.1. The van der Waals surface area contributed by atoms with Gasteiger partial charge in [-0.25, -0.2) is 4.79 Å². The lowest BCUT2D eigenvalue weighted by Gasteiger charge is -2.41. The summed E-state index contributed by atoms with van der Waals surface area (Å²) in [6.45, 7) is 12.3. The van der Waals surface area contributed by atoms with E-state index in [2.05, 4.69) is 22.9 Å². The predicted molar refractivity (Wildman–Crippen MR) is 205 cm³/mol. The van der Waals surface area contributed by atoms with Gasteiger partial charge in [-0.1, -0.05) is 78.3 Å². The van der Waals surface area contributed by atoms with Crippen LogP contribution in [0.25, 0.3) is 0 Å². The van der Waals surface area contributed by atoms with E-state index in [-0.39, 0.29) is 54.4 Å². The number of carboxylic acids is 1. The molecule has 2 saturated heterocycles. The van der Waals surface area contributed by atoms with Crippen LogP contribution in [0.5, 0.6) is 0 Å². The minimum atomic E-state index is -1.13. The van der Waals surface area contributed by atoms with E-state index in [1.165, 1.54) is 7.11 Å². The number of methoxy groups -OCH3 is 2. The number of carboxylic acid groups (broad SMARTS) is 1. The van der Waals surface area contributed by atoms with Gasteiger partial charge in [0.25, 0.3) is 0 Å². The van der Waals surface area contributed by atoms with Crippen LogP contribution in [0.2, 0.25) is 0 Å². The summed E-state index contributed by atoms with van der Waals surface area (Å²) in [4.78, 5) is 71.0. The third-order valence-electron chi connectivity index (χ3n) is 12.6. The van der Waals surface area contributed by atoms with E-state index in [0.29, 0.717) is 31.3 Å². The highest BCUT2D eigenvalue weighted by atomic mass is 16.5. The van der Waals surface area contributed by atoms with Gasteiger partial charge >= 0.3 is 5.97 Å². The SMILES string of the molecule is CCC(C)C(C(CC(=O)N1CCCC1C(OC)C(C)C(=O)NC(Cc1ccccc1)C(=O)O)OC)N(C)C(=O)C(NC(=O)C1NC2CCC1C2C)C(C)C. The molecular formula is C41H65N5O8. The fourth-order valence-electron chi connectivity index (χ4n) is 9.16. The van der Waals surface area contributed by atoms with Crippen LogP contribution in [0, 0.1) is 29.6 Å². The van der Waals surface area contributed by atoms with Crippen LogP contribution < -0.4 is 16.0 Å². The Labute approximate surface area is 321 Å². The van der Waals surface area contributed by atoms with Gasteiger partial charge in [0, 0.05) is 40.3 Å². The van der Waals surface area contributed by atoms with Gasteiger partial charge in [0.05, 0.1) is 42.7 Å². The Morgan fingerprint density at radius 2 is 1.69 bits per heavy atom. The summed E-state index contributed by atoms with van der Waals surface area (Å²) >= 11 is 0. The minimum absolute atomic E-state index is 0.000454. The normalized spacial score (nSPS) is 26.0. The minimum Gasteiger partial charge on any atom is -0.480 e. The number of nitrogens with one attached hydrogen (secondary N) is 3. The lowest BCUT2D eigenvalue weighted by molar-refractivity contribution is -0.148. The molecule has 4 N–H and O–H groups in total. The average molecular weight is 756 g/mol. The molecule has 13 heteroatoms. The Balaban J connectivity index is 1.45. The van der Waals surface area contributed by atoms with E-state index in [4.69, 9.17) is 9.47 Å². The fourth-order valence-corrected chi connectivity index (χ4v) is 9.16. The number of rotatable bonds is 19. The molecule has 0 aromatic heterocycles. The zero-order chi connectivity index (χ0) is 39.9. The predicted octanol–water partition coefficient (Wildman–Crippen LogP) is 3.25. The van der Waals surface area contributed by atoms with Crippen LogP contribution in [0.15, 0.2) is 30.3 Å². The van der Waals surface area contributed by atoms with E-state index in [1.807, 2.05) is 58.0 Å². The van der Waals surface area contributed by atoms with Gasteiger partial charge in [0.15, 0.2) is 0 Å². The monoisotopic (exact) mass is 755 g/mol. The lowest BCUT2D eigenvalue weighted by atomic mass is 9.89. The number of aliphatic carboxylic acids is 1. The zero-order valence-corrected chi connectivity index (χ0v) is 33.7. The van der Waals surface area contributed by atoms with Crippen LogP contribution in [0.4, 0.5) is 0 Å². The van der Waals surface area contributed by atoms with E-state index >= 15 is 0 Å². The smallest absolute Gasteiger partial charge is 0.326 e. The fraction of sp³-hybridized carbons (Fsp3) is 0.732. The number of carbonyl (C=O) groups excluding carboxylic acids is 4.